The van der Waals surface area contributed by atoms with E-state index in [9.17, 15) is 4.39 Å². The molecule has 1 unspecified atom stereocenters. The number of thiol groups is 1. The minimum Gasteiger partial charge on any atom is -0.206 e. The lowest BCUT2D eigenvalue weighted by molar-refractivity contribution is 0.577. The summed E-state index contributed by atoms with van der Waals surface area (Å²) in [7, 11) is 0. The van der Waals surface area contributed by atoms with Crippen molar-refractivity contribution in [3.05, 3.63) is 34.6 Å². The van der Waals surface area contributed by atoms with E-state index >= 15 is 0 Å². The summed E-state index contributed by atoms with van der Waals surface area (Å²) in [6.07, 6.45) is 0. The van der Waals surface area contributed by atoms with Gasteiger partial charge in [0.1, 0.15) is 5.82 Å². The largest absolute Gasteiger partial charge is 0.206 e. The lowest BCUT2D eigenvalue weighted by Crippen LogP contribution is -2.05. The molecule has 0 nitrogen and oxygen atoms in total. The summed E-state index contributed by atoms with van der Waals surface area (Å²) >= 11 is 4.40. The molecule has 0 amide bonds. The molecular formula is C14H21FS. The summed E-state index contributed by atoms with van der Waals surface area (Å²) in [4.78, 5) is 0. The summed E-state index contributed by atoms with van der Waals surface area (Å²) in [5, 5.41) is -0.0592. The standard InChI is InChI=1S/C14H21FS/c1-8(2)11-6-7-12(9(3)4)14(15)13(11)10(5)16/h6-10,16H,1-5H3. The molecule has 0 saturated carbocycles. The van der Waals surface area contributed by atoms with E-state index < -0.39 is 0 Å². The van der Waals surface area contributed by atoms with E-state index in [2.05, 4.69) is 26.5 Å². The van der Waals surface area contributed by atoms with Gasteiger partial charge in [0.15, 0.2) is 0 Å². The summed E-state index contributed by atoms with van der Waals surface area (Å²) < 4.78 is 14.3. The number of hydrogen-bond donors (Lipinski definition) is 1. The van der Waals surface area contributed by atoms with Crippen LogP contribution in [0.2, 0.25) is 0 Å². The zero-order valence-corrected chi connectivity index (χ0v) is 11.6. The van der Waals surface area contributed by atoms with Crippen molar-refractivity contribution in [3.63, 3.8) is 0 Å². The molecule has 0 aromatic heterocycles. The lowest BCUT2D eigenvalue weighted by Gasteiger charge is -2.19. The Labute approximate surface area is 104 Å². The summed E-state index contributed by atoms with van der Waals surface area (Å²) in [6.45, 7) is 10.1. The third-order valence-electron chi connectivity index (χ3n) is 2.91. The highest BCUT2D eigenvalue weighted by molar-refractivity contribution is 7.80. The Hall–Kier alpha value is -0.500. The fourth-order valence-corrected chi connectivity index (χ4v) is 2.26. The molecule has 0 saturated heterocycles. The molecule has 1 aromatic rings. The van der Waals surface area contributed by atoms with Crippen LogP contribution in [0, 0.1) is 5.82 Å². The van der Waals surface area contributed by atoms with Crippen LogP contribution in [-0.4, -0.2) is 0 Å². The molecule has 0 N–H and O–H groups in total. The van der Waals surface area contributed by atoms with Crippen molar-refractivity contribution in [2.45, 2.75) is 51.7 Å². The van der Waals surface area contributed by atoms with Gasteiger partial charge in [0, 0.05) is 10.8 Å². The van der Waals surface area contributed by atoms with Crippen LogP contribution >= 0.6 is 12.6 Å². The minimum atomic E-state index is -0.0660. The SMILES string of the molecule is CC(C)c1ccc(C(C)C)c(C(C)S)c1F. The molecule has 0 bridgehead atoms. The van der Waals surface area contributed by atoms with Gasteiger partial charge < -0.3 is 0 Å². The van der Waals surface area contributed by atoms with E-state index in [0.717, 1.165) is 16.7 Å². The Morgan fingerprint density at radius 1 is 0.938 bits per heavy atom. The van der Waals surface area contributed by atoms with Crippen molar-refractivity contribution in [2.75, 3.05) is 0 Å². The van der Waals surface area contributed by atoms with Gasteiger partial charge in [-0.2, -0.15) is 12.6 Å². The highest BCUT2D eigenvalue weighted by Crippen LogP contribution is 2.34. The van der Waals surface area contributed by atoms with E-state index in [1.807, 2.05) is 32.9 Å². The normalized spacial score (nSPS) is 13.6. The Bertz CT molecular complexity index is 367. The van der Waals surface area contributed by atoms with E-state index in [4.69, 9.17) is 0 Å². The number of hydrogen-bond acceptors (Lipinski definition) is 1. The minimum absolute atomic E-state index is 0.0592. The van der Waals surface area contributed by atoms with Gasteiger partial charge in [-0.15, -0.1) is 0 Å². The molecule has 0 aliphatic heterocycles. The van der Waals surface area contributed by atoms with Crippen molar-refractivity contribution < 1.29 is 4.39 Å². The molecule has 0 radical (unpaired) electrons. The number of benzene rings is 1. The predicted molar refractivity (Wildman–Crippen MR) is 72.0 cm³/mol. The fourth-order valence-electron chi connectivity index (χ4n) is 2.00. The zero-order chi connectivity index (χ0) is 12.5. The zero-order valence-electron chi connectivity index (χ0n) is 10.7. The molecule has 1 rings (SSSR count). The van der Waals surface area contributed by atoms with Crippen LogP contribution in [0.5, 0.6) is 0 Å². The van der Waals surface area contributed by atoms with Crippen LogP contribution in [0.25, 0.3) is 0 Å². The van der Waals surface area contributed by atoms with Gasteiger partial charge in [0.2, 0.25) is 0 Å². The van der Waals surface area contributed by atoms with Crippen LogP contribution in [0.3, 0.4) is 0 Å². The first kappa shape index (κ1) is 13.6. The van der Waals surface area contributed by atoms with E-state index in [0.29, 0.717) is 5.92 Å². The van der Waals surface area contributed by atoms with E-state index in [-0.39, 0.29) is 17.0 Å². The molecule has 16 heavy (non-hydrogen) atoms. The molecule has 0 aliphatic rings. The lowest BCUT2D eigenvalue weighted by atomic mass is 9.90. The molecule has 1 aromatic carbocycles. The van der Waals surface area contributed by atoms with Crippen LogP contribution in [-0.2, 0) is 0 Å². The van der Waals surface area contributed by atoms with Gasteiger partial charge in [-0.1, -0.05) is 39.8 Å². The van der Waals surface area contributed by atoms with Crippen LogP contribution in [0.4, 0.5) is 4.39 Å². The van der Waals surface area contributed by atoms with Gasteiger partial charge in [-0.25, -0.2) is 4.39 Å². The Morgan fingerprint density at radius 2 is 1.38 bits per heavy atom. The number of rotatable bonds is 3. The molecule has 0 spiro atoms. The van der Waals surface area contributed by atoms with Crippen molar-refractivity contribution in [3.8, 4) is 0 Å². The van der Waals surface area contributed by atoms with Gasteiger partial charge >= 0.3 is 0 Å². The Morgan fingerprint density at radius 3 is 1.75 bits per heavy atom. The predicted octanol–water partition coefficient (Wildman–Crippen LogP) is 5.06. The molecule has 1 atom stereocenters. The van der Waals surface area contributed by atoms with Gasteiger partial charge in [-0.3, -0.25) is 0 Å². The maximum Gasteiger partial charge on any atom is 0.131 e. The molecular weight excluding hydrogens is 219 g/mol. The topological polar surface area (TPSA) is 0 Å². The van der Waals surface area contributed by atoms with Gasteiger partial charge in [0.05, 0.1) is 0 Å². The Kier molecular flexibility index (Phi) is 4.43. The maximum absolute atomic E-state index is 14.3. The first-order chi connectivity index (χ1) is 7.36. The van der Waals surface area contributed by atoms with Crippen LogP contribution in [0.1, 0.15) is 68.4 Å². The molecule has 0 aliphatic carbocycles. The third kappa shape index (κ3) is 2.60. The molecule has 0 heterocycles. The summed E-state index contributed by atoms with van der Waals surface area (Å²) in [5.41, 5.74) is 2.63. The summed E-state index contributed by atoms with van der Waals surface area (Å²) in [6, 6.07) is 3.96. The number of halogens is 1. The van der Waals surface area contributed by atoms with Crippen molar-refractivity contribution in [1.82, 2.24) is 0 Å². The molecule has 0 fully saturated rings. The highest BCUT2D eigenvalue weighted by atomic mass is 32.1. The van der Waals surface area contributed by atoms with Crippen molar-refractivity contribution in [1.29, 1.82) is 0 Å². The first-order valence-corrected chi connectivity index (χ1v) is 6.38. The highest BCUT2D eigenvalue weighted by Gasteiger charge is 2.19. The molecule has 2 heteroatoms. The van der Waals surface area contributed by atoms with E-state index in [1.54, 1.807) is 0 Å². The average Bonchev–Trinajstić information content (AvgIpc) is 2.15. The fraction of sp³-hybridized carbons (Fsp3) is 0.571. The smallest absolute Gasteiger partial charge is 0.131 e. The van der Waals surface area contributed by atoms with Crippen LogP contribution < -0.4 is 0 Å². The average molecular weight is 240 g/mol. The third-order valence-corrected chi connectivity index (χ3v) is 3.16. The monoisotopic (exact) mass is 240 g/mol. The van der Waals surface area contributed by atoms with Crippen LogP contribution in [0.15, 0.2) is 12.1 Å². The second kappa shape index (κ2) is 5.22. The van der Waals surface area contributed by atoms with Gasteiger partial charge in [-0.05, 0) is 29.9 Å². The summed E-state index contributed by atoms with van der Waals surface area (Å²) in [5.74, 6) is 0.482. The van der Waals surface area contributed by atoms with E-state index in [1.165, 1.54) is 0 Å². The maximum atomic E-state index is 14.3. The second-order valence-electron chi connectivity index (χ2n) is 4.96. The quantitative estimate of drug-likeness (QED) is 0.701. The van der Waals surface area contributed by atoms with Crippen molar-refractivity contribution in [2.24, 2.45) is 0 Å². The first-order valence-electron chi connectivity index (χ1n) is 5.86. The second-order valence-corrected chi connectivity index (χ2v) is 5.73. The Balaban J connectivity index is 3.42. The van der Waals surface area contributed by atoms with Crippen molar-refractivity contribution >= 4 is 12.6 Å². The molecule has 90 valence electrons. The van der Waals surface area contributed by atoms with Gasteiger partial charge in [0.25, 0.3) is 0 Å².